The maximum Gasteiger partial charge on any atom is 0.320 e. The Hall–Kier alpha value is -2.65. The van der Waals surface area contributed by atoms with Crippen molar-refractivity contribution in [3.63, 3.8) is 0 Å². The predicted octanol–water partition coefficient (Wildman–Crippen LogP) is 1.88. The molecule has 0 aromatic heterocycles. The van der Waals surface area contributed by atoms with Gasteiger partial charge in [0.2, 0.25) is 11.8 Å². The largest absolute Gasteiger partial charge is 0.385 e. The fourth-order valence-corrected chi connectivity index (χ4v) is 6.30. The van der Waals surface area contributed by atoms with Gasteiger partial charge in [0.05, 0.1) is 12.1 Å². The SMILES string of the molecule is COCCCN1C(=O)N(CCC(=O)N2CCNC(=O)C2)C[C@]12CC[C@](c1ccccc1)(N(C)C)CC2. The molecule has 1 spiro atoms. The first-order valence-electron chi connectivity index (χ1n) is 13.1. The molecule has 3 fully saturated rings. The van der Waals surface area contributed by atoms with E-state index in [0.29, 0.717) is 39.3 Å². The highest BCUT2D eigenvalue weighted by atomic mass is 16.5. The van der Waals surface area contributed by atoms with Gasteiger partial charge in [-0.2, -0.15) is 0 Å². The molecule has 1 aliphatic carbocycles. The minimum Gasteiger partial charge on any atom is -0.385 e. The molecule has 2 aliphatic heterocycles. The zero-order valence-corrected chi connectivity index (χ0v) is 22.0. The van der Waals surface area contributed by atoms with Gasteiger partial charge in [0.15, 0.2) is 0 Å². The zero-order valence-electron chi connectivity index (χ0n) is 22.0. The Labute approximate surface area is 214 Å². The number of benzene rings is 1. The number of nitrogens with one attached hydrogen (secondary N) is 1. The van der Waals surface area contributed by atoms with Gasteiger partial charge in [0.1, 0.15) is 0 Å². The molecule has 9 nitrogen and oxygen atoms in total. The van der Waals surface area contributed by atoms with E-state index in [0.717, 1.165) is 32.1 Å². The number of carbonyl (C=O) groups excluding carboxylic acids is 3. The molecule has 4 rings (SSSR count). The minimum absolute atomic E-state index is 0.0207. The van der Waals surface area contributed by atoms with Gasteiger partial charge in [-0.15, -0.1) is 0 Å². The Morgan fingerprint density at radius 2 is 1.81 bits per heavy atom. The van der Waals surface area contributed by atoms with Gasteiger partial charge in [-0.3, -0.25) is 14.5 Å². The summed E-state index contributed by atoms with van der Waals surface area (Å²) in [5, 5.41) is 2.75. The second-order valence-corrected chi connectivity index (χ2v) is 10.6. The number of piperazine rings is 1. The lowest BCUT2D eigenvalue weighted by Gasteiger charge is -2.51. The highest BCUT2D eigenvalue weighted by molar-refractivity contribution is 5.86. The molecule has 1 aromatic rings. The topological polar surface area (TPSA) is 85.4 Å². The number of ether oxygens (including phenoxy) is 1. The predicted molar refractivity (Wildman–Crippen MR) is 137 cm³/mol. The summed E-state index contributed by atoms with van der Waals surface area (Å²) in [6.07, 6.45) is 4.79. The van der Waals surface area contributed by atoms with Gasteiger partial charge in [0, 0.05) is 58.4 Å². The van der Waals surface area contributed by atoms with Gasteiger partial charge < -0.3 is 24.8 Å². The summed E-state index contributed by atoms with van der Waals surface area (Å²) >= 11 is 0. The van der Waals surface area contributed by atoms with Crippen molar-refractivity contribution >= 4 is 17.8 Å². The van der Waals surface area contributed by atoms with Gasteiger partial charge in [-0.05, 0) is 51.8 Å². The van der Waals surface area contributed by atoms with E-state index in [9.17, 15) is 14.4 Å². The lowest BCUT2D eigenvalue weighted by atomic mass is 9.68. The normalized spacial score (nSPS) is 26.7. The molecule has 2 saturated heterocycles. The fourth-order valence-electron chi connectivity index (χ4n) is 6.30. The Bertz CT molecular complexity index is 929. The smallest absolute Gasteiger partial charge is 0.320 e. The molecule has 9 heteroatoms. The van der Waals surface area contributed by atoms with Crippen LogP contribution in [0.4, 0.5) is 4.79 Å². The summed E-state index contributed by atoms with van der Waals surface area (Å²) in [6.45, 7) is 3.41. The number of rotatable bonds is 9. The molecule has 0 atom stereocenters. The molecule has 1 N–H and O–H groups in total. The van der Waals surface area contributed by atoms with Crippen LogP contribution in [0.3, 0.4) is 0 Å². The van der Waals surface area contributed by atoms with Crippen LogP contribution in [0, 0.1) is 0 Å². The molecule has 4 amide bonds. The average Bonchev–Trinajstić information content (AvgIpc) is 3.14. The van der Waals surface area contributed by atoms with Crippen LogP contribution in [0.1, 0.15) is 44.1 Å². The van der Waals surface area contributed by atoms with E-state index in [2.05, 4.69) is 59.5 Å². The quantitative estimate of drug-likeness (QED) is 0.525. The molecule has 2 heterocycles. The number of urea groups is 1. The zero-order chi connectivity index (χ0) is 25.8. The third kappa shape index (κ3) is 5.22. The molecule has 0 unspecified atom stereocenters. The van der Waals surface area contributed by atoms with E-state index in [1.54, 1.807) is 12.0 Å². The van der Waals surface area contributed by atoms with Crippen LogP contribution in [-0.4, -0.2) is 110 Å². The Morgan fingerprint density at radius 1 is 1.08 bits per heavy atom. The lowest BCUT2D eigenvalue weighted by Crippen LogP contribution is -2.55. The van der Waals surface area contributed by atoms with Gasteiger partial charge in [0.25, 0.3) is 0 Å². The Balaban J connectivity index is 1.47. The van der Waals surface area contributed by atoms with Crippen LogP contribution in [0.15, 0.2) is 30.3 Å². The Kier molecular flexibility index (Phi) is 8.20. The van der Waals surface area contributed by atoms with E-state index in [1.807, 2.05) is 4.90 Å². The summed E-state index contributed by atoms with van der Waals surface area (Å²) in [6, 6.07) is 10.7. The maximum absolute atomic E-state index is 13.6. The number of hydrogen-bond acceptors (Lipinski definition) is 5. The molecule has 0 radical (unpaired) electrons. The standard InChI is InChI=1S/C27H41N5O4/c1-29(2)27(22-8-5-4-6-9-22)13-11-26(12-14-27)21-31(25(35)32(26)16-7-19-36-3)17-10-24(34)30-18-15-28-23(33)20-30/h4-6,8-9H,7,10-21H2,1-3H3,(H,28,33)/t26-,27+. The number of nitrogens with zero attached hydrogens (tertiary/aromatic N) is 4. The number of carbonyl (C=O) groups is 3. The third-order valence-corrected chi connectivity index (χ3v) is 8.45. The first kappa shape index (κ1) is 26.4. The van der Waals surface area contributed by atoms with Crippen molar-refractivity contribution in [2.45, 2.75) is 49.6 Å². The van der Waals surface area contributed by atoms with Crippen molar-refractivity contribution in [2.24, 2.45) is 0 Å². The van der Waals surface area contributed by atoms with E-state index in [-0.39, 0.29) is 41.9 Å². The molecular formula is C27H41N5O4. The summed E-state index contributed by atoms with van der Waals surface area (Å²) in [7, 11) is 5.99. The van der Waals surface area contributed by atoms with Crippen molar-refractivity contribution < 1.29 is 19.1 Å². The molecule has 3 aliphatic rings. The summed E-state index contributed by atoms with van der Waals surface area (Å²) in [5.74, 6) is -0.191. The lowest BCUT2D eigenvalue weighted by molar-refractivity contribution is -0.138. The Morgan fingerprint density at radius 3 is 2.44 bits per heavy atom. The van der Waals surface area contributed by atoms with Crippen LogP contribution < -0.4 is 5.32 Å². The molecule has 0 bridgehead atoms. The molecule has 198 valence electrons. The number of hydrogen-bond donors (Lipinski definition) is 1. The number of amides is 4. The van der Waals surface area contributed by atoms with Crippen LogP contribution in [0.25, 0.3) is 0 Å². The minimum atomic E-state index is -0.229. The second kappa shape index (κ2) is 11.2. The average molecular weight is 500 g/mol. The van der Waals surface area contributed by atoms with Crippen LogP contribution in [-0.2, 0) is 19.9 Å². The number of methoxy groups -OCH3 is 1. The molecular weight excluding hydrogens is 458 g/mol. The highest BCUT2D eigenvalue weighted by Gasteiger charge is 2.54. The van der Waals surface area contributed by atoms with Crippen molar-refractivity contribution in [1.82, 2.24) is 24.9 Å². The van der Waals surface area contributed by atoms with Crippen molar-refractivity contribution in [1.29, 1.82) is 0 Å². The van der Waals surface area contributed by atoms with Crippen molar-refractivity contribution in [3.8, 4) is 0 Å². The monoisotopic (exact) mass is 499 g/mol. The fraction of sp³-hybridized carbons (Fsp3) is 0.667. The van der Waals surface area contributed by atoms with E-state index in [4.69, 9.17) is 4.74 Å². The first-order chi connectivity index (χ1) is 17.3. The van der Waals surface area contributed by atoms with E-state index in [1.165, 1.54) is 5.56 Å². The third-order valence-electron chi connectivity index (χ3n) is 8.45. The first-order valence-corrected chi connectivity index (χ1v) is 13.1. The van der Waals surface area contributed by atoms with Crippen LogP contribution >= 0.6 is 0 Å². The van der Waals surface area contributed by atoms with Crippen molar-refractivity contribution in [2.75, 3.05) is 67.1 Å². The summed E-state index contributed by atoms with van der Waals surface area (Å²) in [4.78, 5) is 45.9. The molecule has 36 heavy (non-hydrogen) atoms. The summed E-state index contributed by atoms with van der Waals surface area (Å²) in [5.41, 5.74) is 1.05. The maximum atomic E-state index is 13.6. The van der Waals surface area contributed by atoms with Crippen LogP contribution in [0.5, 0.6) is 0 Å². The second-order valence-electron chi connectivity index (χ2n) is 10.6. The van der Waals surface area contributed by atoms with E-state index >= 15 is 0 Å². The molecule has 1 saturated carbocycles. The highest BCUT2D eigenvalue weighted by Crippen LogP contribution is 2.48. The van der Waals surface area contributed by atoms with Gasteiger partial charge in [-0.1, -0.05) is 30.3 Å². The molecule has 1 aromatic carbocycles. The van der Waals surface area contributed by atoms with Crippen LogP contribution in [0.2, 0.25) is 0 Å². The van der Waals surface area contributed by atoms with Gasteiger partial charge in [-0.25, -0.2) is 4.79 Å². The van der Waals surface area contributed by atoms with E-state index < -0.39 is 0 Å². The summed E-state index contributed by atoms with van der Waals surface area (Å²) < 4.78 is 5.28. The van der Waals surface area contributed by atoms with Gasteiger partial charge >= 0.3 is 6.03 Å². The van der Waals surface area contributed by atoms with Crippen molar-refractivity contribution in [3.05, 3.63) is 35.9 Å².